The van der Waals surface area contributed by atoms with Gasteiger partial charge in [0.05, 0.1) is 35.3 Å². The van der Waals surface area contributed by atoms with Gasteiger partial charge in [0.1, 0.15) is 0 Å². The molecule has 1 aromatic heterocycles. The Labute approximate surface area is 267 Å². The summed E-state index contributed by atoms with van der Waals surface area (Å²) < 4.78 is 7.94. The molecule has 1 heterocycles. The Kier molecular flexibility index (Phi) is 16.0. The van der Waals surface area contributed by atoms with Gasteiger partial charge in [-0.15, -0.1) is 5.10 Å². The number of halogens is 1. The number of nitrogens with zero attached hydrogens (tertiary/aromatic N) is 4. The van der Waals surface area contributed by atoms with E-state index in [4.69, 9.17) is 9.57 Å². The number of carbonyl (C=O) groups is 3. The molecule has 12 heteroatoms. The van der Waals surface area contributed by atoms with Crippen LogP contribution in [0.1, 0.15) is 100 Å². The number of rotatable bonds is 21. The first-order valence-electron chi connectivity index (χ1n) is 15.3. The molecule has 43 heavy (non-hydrogen) atoms. The number of hydrogen-bond donors (Lipinski definition) is 2. The highest BCUT2D eigenvalue weighted by atomic mass is 79.9. The average Bonchev–Trinajstić information content (AvgIpc) is 3.38. The van der Waals surface area contributed by atoms with E-state index in [0.29, 0.717) is 50.9 Å². The van der Waals surface area contributed by atoms with Gasteiger partial charge in [-0.2, -0.15) is 5.06 Å². The third-order valence-electron chi connectivity index (χ3n) is 7.43. The van der Waals surface area contributed by atoms with Gasteiger partial charge >= 0.3 is 0 Å². The molecule has 0 spiro atoms. The van der Waals surface area contributed by atoms with Gasteiger partial charge in [-0.3, -0.25) is 19.2 Å². The summed E-state index contributed by atoms with van der Waals surface area (Å²) in [6.07, 6.45) is 5.91. The SMILES string of the molecule is CN(CC(=O)C(C)(C)C)OCCC(C)(C)n1cc(CCC(=O)NCC(C)(C)CCOC(C)(C)CCCNC(=O)CBr)nn1. The molecule has 0 radical (unpaired) electrons. The predicted molar refractivity (Wildman–Crippen MR) is 173 cm³/mol. The first kappa shape index (κ1) is 39.1. The molecule has 0 saturated carbocycles. The van der Waals surface area contributed by atoms with Gasteiger partial charge in [-0.05, 0) is 58.8 Å². The molecular weight excluding hydrogens is 616 g/mol. The van der Waals surface area contributed by atoms with Gasteiger partial charge in [0.25, 0.3) is 0 Å². The minimum Gasteiger partial charge on any atom is -0.376 e. The predicted octanol–water partition coefficient (Wildman–Crippen LogP) is 4.43. The molecule has 0 aliphatic heterocycles. The van der Waals surface area contributed by atoms with Gasteiger partial charge < -0.3 is 15.4 Å². The highest BCUT2D eigenvalue weighted by molar-refractivity contribution is 9.09. The summed E-state index contributed by atoms with van der Waals surface area (Å²) >= 11 is 3.14. The molecule has 0 saturated heterocycles. The number of hydroxylamine groups is 2. The first-order chi connectivity index (χ1) is 19.8. The van der Waals surface area contributed by atoms with Crippen molar-refractivity contribution in [2.24, 2.45) is 10.8 Å². The van der Waals surface area contributed by atoms with Gasteiger partial charge in [-0.25, -0.2) is 4.68 Å². The van der Waals surface area contributed by atoms with E-state index in [9.17, 15) is 14.4 Å². The van der Waals surface area contributed by atoms with E-state index in [1.165, 1.54) is 0 Å². The van der Waals surface area contributed by atoms with Crippen LogP contribution in [0.5, 0.6) is 0 Å². The number of ether oxygens (including phenoxy) is 1. The van der Waals surface area contributed by atoms with E-state index in [2.05, 4.69) is 78.4 Å². The molecule has 0 aromatic carbocycles. The quantitative estimate of drug-likeness (QED) is 0.112. The fourth-order valence-corrected chi connectivity index (χ4v) is 4.18. The zero-order chi connectivity index (χ0) is 32.9. The molecule has 0 aliphatic carbocycles. The molecule has 0 bridgehead atoms. The minimum atomic E-state index is -0.399. The summed E-state index contributed by atoms with van der Waals surface area (Å²) in [5.74, 6) is 0.0962. The van der Waals surface area contributed by atoms with Crippen LogP contribution in [0.25, 0.3) is 0 Å². The van der Waals surface area contributed by atoms with Crippen LogP contribution in [0.4, 0.5) is 0 Å². The van der Waals surface area contributed by atoms with E-state index in [1.807, 2.05) is 31.6 Å². The van der Waals surface area contributed by atoms with E-state index in [0.717, 1.165) is 25.0 Å². The van der Waals surface area contributed by atoms with Crippen molar-refractivity contribution in [1.82, 2.24) is 30.7 Å². The van der Waals surface area contributed by atoms with Crippen LogP contribution in [0, 0.1) is 10.8 Å². The third-order valence-corrected chi connectivity index (χ3v) is 7.94. The smallest absolute Gasteiger partial charge is 0.230 e. The lowest BCUT2D eigenvalue weighted by Crippen LogP contribution is -2.36. The summed E-state index contributed by atoms with van der Waals surface area (Å²) in [7, 11) is 1.77. The molecule has 1 rings (SSSR count). The molecule has 0 atom stereocenters. The number of nitrogens with one attached hydrogen (secondary N) is 2. The average molecular weight is 674 g/mol. The topological polar surface area (TPSA) is 128 Å². The lowest BCUT2D eigenvalue weighted by atomic mass is 9.89. The number of likely N-dealkylation sites (N-methyl/N-ethyl adjacent to an activating group) is 1. The highest BCUT2D eigenvalue weighted by Gasteiger charge is 2.26. The molecule has 11 nitrogen and oxygen atoms in total. The van der Waals surface area contributed by atoms with E-state index in [1.54, 1.807) is 12.1 Å². The van der Waals surface area contributed by atoms with Crippen LogP contribution in [-0.2, 0) is 35.9 Å². The van der Waals surface area contributed by atoms with Gasteiger partial charge in [0.2, 0.25) is 11.8 Å². The van der Waals surface area contributed by atoms with Crippen LogP contribution < -0.4 is 10.6 Å². The summed E-state index contributed by atoms with van der Waals surface area (Å²) in [5.41, 5.74) is -0.367. The van der Waals surface area contributed by atoms with Crippen molar-refractivity contribution in [1.29, 1.82) is 0 Å². The van der Waals surface area contributed by atoms with Gasteiger partial charge in [-0.1, -0.05) is 55.8 Å². The van der Waals surface area contributed by atoms with Crippen LogP contribution >= 0.6 is 15.9 Å². The van der Waals surface area contributed by atoms with E-state index in [-0.39, 0.29) is 40.7 Å². The van der Waals surface area contributed by atoms with Gasteiger partial charge in [0, 0.05) is 51.2 Å². The largest absolute Gasteiger partial charge is 0.376 e. The molecule has 0 fully saturated rings. The molecule has 1 aromatic rings. The van der Waals surface area contributed by atoms with E-state index < -0.39 is 5.41 Å². The number of hydrogen-bond acceptors (Lipinski definition) is 8. The van der Waals surface area contributed by atoms with Crippen molar-refractivity contribution >= 4 is 33.5 Å². The Morgan fingerprint density at radius 2 is 1.63 bits per heavy atom. The van der Waals surface area contributed by atoms with Gasteiger partial charge in [0.15, 0.2) is 5.78 Å². The summed E-state index contributed by atoms with van der Waals surface area (Å²) in [5, 5.41) is 16.4. The molecule has 2 amide bonds. The van der Waals surface area contributed by atoms with Crippen LogP contribution in [0.15, 0.2) is 6.20 Å². The number of carbonyl (C=O) groups excluding carboxylic acids is 3. The minimum absolute atomic E-state index is 0.00824. The zero-order valence-corrected chi connectivity index (χ0v) is 29.9. The van der Waals surface area contributed by atoms with Crippen molar-refractivity contribution in [3.05, 3.63) is 11.9 Å². The number of ketones is 1. The van der Waals surface area contributed by atoms with Crippen molar-refractivity contribution in [3.63, 3.8) is 0 Å². The summed E-state index contributed by atoms with van der Waals surface area (Å²) in [6, 6.07) is 0. The number of Topliss-reactive ketones (excluding diaryl/α,β-unsaturated/α-hetero) is 1. The highest BCUT2D eigenvalue weighted by Crippen LogP contribution is 2.23. The maximum Gasteiger partial charge on any atom is 0.230 e. The number of amides is 2. The third kappa shape index (κ3) is 16.7. The first-order valence-corrected chi connectivity index (χ1v) is 16.4. The second-order valence-corrected chi connectivity index (χ2v) is 15.0. The second-order valence-electron chi connectivity index (χ2n) is 14.4. The summed E-state index contributed by atoms with van der Waals surface area (Å²) in [4.78, 5) is 41.9. The van der Waals surface area contributed by atoms with Crippen molar-refractivity contribution < 1.29 is 24.0 Å². The molecule has 2 N–H and O–H groups in total. The van der Waals surface area contributed by atoms with E-state index >= 15 is 0 Å². The Hall–Kier alpha value is -1.89. The monoisotopic (exact) mass is 672 g/mol. The molecular formula is C31H57BrN6O5. The second kappa shape index (κ2) is 17.6. The van der Waals surface area contributed by atoms with Crippen molar-refractivity contribution in [2.75, 3.05) is 45.2 Å². The standard InChI is InChI=1S/C31H57BrN6O5/c1-28(2,3)25(39)22-37(10)43-19-16-30(6,7)38-21-24(35-36-38)12-13-26(40)34-23-29(4,5)15-18-42-31(8,9)14-11-17-33-27(41)20-32/h21H,11-20,22-23H2,1-10H3,(H,33,41)(H,34,40). The molecule has 0 aliphatic rings. The fraction of sp³-hybridized carbons (Fsp3) is 0.839. The Balaban J connectivity index is 2.37. The summed E-state index contributed by atoms with van der Waals surface area (Å²) in [6.45, 7) is 20.7. The van der Waals surface area contributed by atoms with Crippen molar-refractivity contribution in [3.8, 4) is 0 Å². The van der Waals surface area contributed by atoms with Crippen LogP contribution in [0.3, 0.4) is 0 Å². The Morgan fingerprint density at radius 1 is 0.953 bits per heavy atom. The fourth-order valence-electron chi connectivity index (χ4n) is 3.98. The molecule has 0 unspecified atom stereocenters. The Morgan fingerprint density at radius 3 is 2.26 bits per heavy atom. The van der Waals surface area contributed by atoms with Crippen LogP contribution in [-0.4, -0.2) is 88.5 Å². The number of aryl methyl sites for hydroxylation is 1. The zero-order valence-electron chi connectivity index (χ0n) is 28.3. The number of alkyl halides is 1. The number of aromatic nitrogens is 3. The Bertz CT molecular complexity index is 1020. The maximum absolute atomic E-state index is 12.6. The maximum atomic E-state index is 12.6. The lowest BCUT2D eigenvalue weighted by Gasteiger charge is -2.30. The van der Waals surface area contributed by atoms with Crippen LogP contribution in [0.2, 0.25) is 0 Å². The molecule has 248 valence electrons. The lowest BCUT2D eigenvalue weighted by molar-refractivity contribution is -0.161. The van der Waals surface area contributed by atoms with Crippen molar-refractivity contribution in [2.45, 2.75) is 112 Å². The normalized spacial score (nSPS) is 12.9.